The zero-order valence-corrected chi connectivity index (χ0v) is 13.9. The van der Waals surface area contributed by atoms with Crippen LogP contribution in [0.15, 0.2) is 36.4 Å². The van der Waals surface area contributed by atoms with Gasteiger partial charge < -0.3 is 10.2 Å². The third-order valence-corrected chi connectivity index (χ3v) is 3.58. The average molecular weight is 311 g/mol. The van der Waals surface area contributed by atoms with E-state index in [-0.39, 0.29) is 11.7 Å². The van der Waals surface area contributed by atoms with Crippen LogP contribution >= 0.6 is 0 Å². The second-order valence-electron chi connectivity index (χ2n) is 5.62. The highest BCUT2D eigenvalue weighted by Crippen LogP contribution is 2.13. The van der Waals surface area contributed by atoms with E-state index >= 15 is 0 Å². The Morgan fingerprint density at radius 1 is 1.17 bits per heavy atom. The van der Waals surface area contributed by atoms with Crippen molar-refractivity contribution in [1.29, 1.82) is 0 Å². The molecule has 23 heavy (non-hydrogen) atoms. The van der Waals surface area contributed by atoms with Gasteiger partial charge in [-0.05, 0) is 44.2 Å². The van der Waals surface area contributed by atoms with Gasteiger partial charge in [-0.3, -0.25) is 14.6 Å². The molecule has 0 radical (unpaired) electrons. The van der Waals surface area contributed by atoms with Gasteiger partial charge in [0.15, 0.2) is 5.78 Å². The van der Waals surface area contributed by atoms with E-state index in [1.807, 2.05) is 37.2 Å². The number of anilines is 1. The Labute approximate surface area is 136 Å². The van der Waals surface area contributed by atoms with Gasteiger partial charge in [0, 0.05) is 36.6 Å². The van der Waals surface area contributed by atoms with Crippen LogP contribution in [0.5, 0.6) is 0 Å². The summed E-state index contributed by atoms with van der Waals surface area (Å²) in [4.78, 5) is 30.0. The van der Waals surface area contributed by atoms with Gasteiger partial charge in [-0.25, -0.2) is 0 Å². The largest absolute Gasteiger partial charge is 0.378 e. The quantitative estimate of drug-likeness (QED) is 0.862. The molecule has 0 unspecified atom stereocenters. The maximum atomic E-state index is 12.2. The number of rotatable bonds is 5. The first-order chi connectivity index (χ1) is 10.9. The summed E-state index contributed by atoms with van der Waals surface area (Å²) in [6.45, 7) is 3.63. The number of nitrogens with zero attached hydrogens (tertiary/aromatic N) is 2. The van der Waals surface area contributed by atoms with Crippen molar-refractivity contribution in [2.45, 2.75) is 20.4 Å². The number of hydrogen-bond donors (Lipinski definition) is 1. The molecule has 0 saturated heterocycles. The van der Waals surface area contributed by atoms with Gasteiger partial charge in [0.05, 0.1) is 12.2 Å². The molecule has 0 fully saturated rings. The van der Waals surface area contributed by atoms with Crippen LogP contribution in [0.2, 0.25) is 0 Å². The molecular weight excluding hydrogens is 290 g/mol. The SMILES string of the molecule is CC(=O)c1ccc(CNC(=O)c2cccc(N(C)C)c2)nc1C. The van der Waals surface area contributed by atoms with Crippen molar-refractivity contribution in [2.75, 3.05) is 19.0 Å². The van der Waals surface area contributed by atoms with Crippen molar-refractivity contribution < 1.29 is 9.59 Å². The summed E-state index contributed by atoms with van der Waals surface area (Å²) < 4.78 is 0. The molecule has 1 heterocycles. The monoisotopic (exact) mass is 311 g/mol. The summed E-state index contributed by atoms with van der Waals surface area (Å²) >= 11 is 0. The minimum atomic E-state index is -0.149. The number of aryl methyl sites for hydroxylation is 1. The molecule has 120 valence electrons. The standard InChI is InChI=1S/C18H21N3O2/c1-12-17(13(2)22)9-8-15(20-12)11-19-18(23)14-6-5-7-16(10-14)21(3)4/h5-10H,11H2,1-4H3,(H,19,23). The van der Waals surface area contributed by atoms with E-state index in [1.54, 1.807) is 25.1 Å². The fourth-order valence-electron chi connectivity index (χ4n) is 2.28. The van der Waals surface area contributed by atoms with E-state index in [9.17, 15) is 9.59 Å². The summed E-state index contributed by atoms with van der Waals surface area (Å²) in [5.41, 5.74) is 3.59. The second-order valence-corrected chi connectivity index (χ2v) is 5.62. The van der Waals surface area contributed by atoms with Crippen molar-refractivity contribution in [3.63, 3.8) is 0 Å². The van der Waals surface area contributed by atoms with Gasteiger partial charge >= 0.3 is 0 Å². The predicted octanol–water partition coefficient (Wildman–Crippen LogP) is 2.59. The maximum Gasteiger partial charge on any atom is 0.251 e. The van der Waals surface area contributed by atoms with E-state index in [0.717, 1.165) is 11.4 Å². The highest BCUT2D eigenvalue weighted by atomic mass is 16.1. The van der Waals surface area contributed by atoms with Gasteiger partial charge in [0.2, 0.25) is 0 Å². The molecule has 0 aliphatic heterocycles. The molecule has 0 spiro atoms. The third-order valence-electron chi connectivity index (χ3n) is 3.58. The molecule has 2 rings (SSSR count). The molecule has 1 amide bonds. The lowest BCUT2D eigenvalue weighted by Gasteiger charge is -2.13. The molecule has 1 N–H and O–H groups in total. The van der Waals surface area contributed by atoms with E-state index in [2.05, 4.69) is 10.3 Å². The summed E-state index contributed by atoms with van der Waals surface area (Å²) in [6, 6.07) is 10.9. The Morgan fingerprint density at radius 3 is 2.52 bits per heavy atom. The number of carbonyl (C=O) groups is 2. The zero-order chi connectivity index (χ0) is 17.0. The molecule has 0 bridgehead atoms. The van der Waals surface area contributed by atoms with Gasteiger partial charge in [0.25, 0.3) is 5.91 Å². The first kappa shape index (κ1) is 16.7. The van der Waals surface area contributed by atoms with Crippen LogP contribution in [-0.2, 0) is 6.54 Å². The normalized spacial score (nSPS) is 10.3. The number of amides is 1. The number of aromatic nitrogens is 1. The molecule has 0 atom stereocenters. The van der Waals surface area contributed by atoms with Gasteiger partial charge in [-0.15, -0.1) is 0 Å². The molecule has 0 aliphatic rings. The lowest BCUT2D eigenvalue weighted by molar-refractivity contribution is 0.0949. The molecule has 0 saturated carbocycles. The first-order valence-electron chi connectivity index (χ1n) is 7.41. The van der Waals surface area contributed by atoms with Crippen LogP contribution in [0.4, 0.5) is 5.69 Å². The number of hydrogen-bond acceptors (Lipinski definition) is 4. The number of Topliss-reactive ketones (excluding diaryl/α,β-unsaturated/α-hetero) is 1. The molecule has 5 nitrogen and oxygen atoms in total. The van der Waals surface area contributed by atoms with E-state index in [0.29, 0.717) is 23.4 Å². The fraction of sp³-hybridized carbons (Fsp3) is 0.278. The minimum absolute atomic E-state index is 0.00825. The van der Waals surface area contributed by atoms with Crippen LogP contribution in [0, 0.1) is 6.92 Å². The molecule has 5 heteroatoms. The Kier molecular flexibility index (Phi) is 5.11. The lowest BCUT2D eigenvalue weighted by atomic mass is 10.1. The first-order valence-corrected chi connectivity index (χ1v) is 7.41. The summed E-state index contributed by atoms with van der Waals surface area (Å²) in [5.74, 6) is -0.158. The van der Waals surface area contributed by atoms with Crippen molar-refractivity contribution in [1.82, 2.24) is 10.3 Å². The van der Waals surface area contributed by atoms with E-state index in [1.165, 1.54) is 6.92 Å². The Morgan fingerprint density at radius 2 is 1.91 bits per heavy atom. The topological polar surface area (TPSA) is 62.3 Å². The number of pyridine rings is 1. The summed E-state index contributed by atoms with van der Waals surface area (Å²) in [6.07, 6.45) is 0. The smallest absolute Gasteiger partial charge is 0.251 e. The third kappa shape index (κ3) is 4.16. The summed E-state index contributed by atoms with van der Waals surface area (Å²) in [5, 5.41) is 2.85. The molecule has 0 aliphatic carbocycles. The Hall–Kier alpha value is -2.69. The second kappa shape index (κ2) is 7.05. The number of nitrogens with one attached hydrogen (secondary N) is 1. The number of benzene rings is 1. The van der Waals surface area contributed by atoms with Crippen molar-refractivity contribution in [3.05, 3.63) is 58.9 Å². The van der Waals surface area contributed by atoms with Crippen LogP contribution in [0.3, 0.4) is 0 Å². The van der Waals surface area contributed by atoms with Crippen LogP contribution in [0.25, 0.3) is 0 Å². The predicted molar refractivity (Wildman–Crippen MR) is 90.9 cm³/mol. The van der Waals surface area contributed by atoms with E-state index in [4.69, 9.17) is 0 Å². The van der Waals surface area contributed by atoms with Crippen molar-refractivity contribution in [2.24, 2.45) is 0 Å². The van der Waals surface area contributed by atoms with E-state index < -0.39 is 0 Å². The van der Waals surface area contributed by atoms with Crippen molar-refractivity contribution in [3.8, 4) is 0 Å². The van der Waals surface area contributed by atoms with Crippen LogP contribution in [0.1, 0.15) is 39.0 Å². The minimum Gasteiger partial charge on any atom is -0.378 e. The average Bonchev–Trinajstić information content (AvgIpc) is 2.52. The fourth-order valence-corrected chi connectivity index (χ4v) is 2.28. The van der Waals surface area contributed by atoms with Crippen molar-refractivity contribution >= 4 is 17.4 Å². The highest BCUT2D eigenvalue weighted by Gasteiger charge is 2.09. The van der Waals surface area contributed by atoms with Gasteiger partial charge in [0.1, 0.15) is 0 Å². The molecule has 1 aromatic carbocycles. The Balaban J connectivity index is 2.06. The molecule has 1 aromatic heterocycles. The highest BCUT2D eigenvalue weighted by molar-refractivity contribution is 5.95. The van der Waals surface area contributed by atoms with Crippen LogP contribution in [-0.4, -0.2) is 30.8 Å². The van der Waals surface area contributed by atoms with Gasteiger partial charge in [-0.2, -0.15) is 0 Å². The number of ketones is 1. The Bertz CT molecular complexity index is 739. The number of carbonyl (C=O) groups excluding carboxylic acids is 2. The zero-order valence-electron chi connectivity index (χ0n) is 13.9. The van der Waals surface area contributed by atoms with Crippen LogP contribution < -0.4 is 10.2 Å². The maximum absolute atomic E-state index is 12.2. The molecule has 2 aromatic rings. The molecular formula is C18H21N3O2. The van der Waals surface area contributed by atoms with Gasteiger partial charge in [-0.1, -0.05) is 6.07 Å². The summed E-state index contributed by atoms with van der Waals surface area (Å²) in [7, 11) is 3.86. The lowest BCUT2D eigenvalue weighted by Crippen LogP contribution is -2.24.